The van der Waals surface area contributed by atoms with Gasteiger partial charge in [-0.25, -0.2) is 0 Å². The number of carbonyl (C=O) groups is 2. The molecule has 1 aliphatic rings. The van der Waals surface area contributed by atoms with Gasteiger partial charge in [0.05, 0.1) is 12.7 Å². The molecule has 1 aliphatic heterocycles. The Balaban J connectivity index is 2.45. The van der Waals surface area contributed by atoms with Crippen molar-refractivity contribution in [2.45, 2.75) is 32.4 Å². The van der Waals surface area contributed by atoms with Gasteiger partial charge in [-0.3, -0.25) is 14.5 Å². The fourth-order valence-corrected chi connectivity index (χ4v) is 1.73. The summed E-state index contributed by atoms with van der Waals surface area (Å²) in [5, 5.41) is 2.73. The fraction of sp³-hybridized carbons (Fsp3) is 0.778. The molecule has 0 bridgehead atoms. The summed E-state index contributed by atoms with van der Waals surface area (Å²) in [6.07, 6.45) is 3.97. The zero-order valence-electron chi connectivity index (χ0n) is 7.95. The summed E-state index contributed by atoms with van der Waals surface area (Å²) in [5.74, 6) is 0.152. The Morgan fingerprint density at radius 1 is 1.62 bits per heavy atom. The molecular formula is C9H16N2O2. The highest BCUT2D eigenvalue weighted by Gasteiger charge is 2.21. The molecule has 1 N–H and O–H groups in total. The molecule has 4 nitrogen and oxygen atoms in total. The minimum atomic E-state index is 0.0650. The second kappa shape index (κ2) is 4.97. The van der Waals surface area contributed by atoms with E-state index in [1.54, 1.807) is 6.92 Å². The highest BCUT2D eigenvalue weighted by atomic mass is 16.1. The SMILES string of the molecule is CC(=O)CN1CCCC[C@@H]1NC=O. The van der Waals surface area contributed by atoms with E-state index in [1.165, 1.54) is 0 Å². The van der Waals surface area contributed by atoms with Crippen molar-refractivity contribution in [3.63, 3.8) is 0 Å². The van der Waals surface area contributed by atoms with E-state index in [4.69, 9.17) is 0 Å². The van der Waals surface area contributed by atoms with Crippen LogP contribution in [0.15, 0.2) is 0 Å². The summed E-state index contributed by atoms with van der Waals surface area (Å²) < 4.78 is 0. The first-order valence-corrected chi connectivity index (χ1v) is 4.67. The van der Waals surface area contributed by atoms with Gasteiger partial charge in [-0.2, -0.15) is 0 Å². The van der Waals surface area contributed by atoms with E-state index in [1.807, 2.05) is 4.90 Å². The number of carbonyl (C=O) groups excluding carboxylic acids is 2. The van der Waals surface area contributed by atoms with Crippen LogP contribution >= 0.6 is 0 Å². The predicted octanol–water partition coefficient (Wildman–Crippen LogP) is 0.133. The lowest BCUT2D eigenvalue weighted by molar-refractivity contribution is -0.120. The van der Waals surface area contributed by atoms with Crippen LogP contribution in [-0.2, 0) is 9.59 Å². The largest absolute Gasteiger partial charge is 0.343 e. The van der Waals surface area contributed by atoms with E-state index < -0.39 is 0 Å². The number of amides is 1. The molecule has 0 aromatic heterocycles. The lowest BCUT2D eigenvalue weighted by Gasteiger charge is -2.34. The van der Waals surface area contributed by atoms with Crippen LogP contribution in [0.4, 0.5) is 0 Å². The highest BCUT2D eigenvalue weighted by molar-refractivity contribution is 5.77. The first kappa shape index (κ1) is 10.2. The van der Waals surface area contributed by atoms with Crippen LogP contribution in [0.3, 0.4) is 0 Å². The number of hydrogen-bond acceptors (Lipinski definition) is 3. The van der Waals surface area contributed by atoms with E-state index in [2.05, 4.69) is 5.32 Å². The highest BCUT2D eigenvalue weighted by Crippen LogP contribution is 2.13. The van der Waals surface area contributed by atoms with Gasteiger partial charge in [0.15, 0.2) is 0 Å². The van der Waals surface area contributed by atoms with Gasteiger partial charge in [0, 0.05) is 6.54 Å². The maximum Gasteiger partial charge on any atom is 0.208 e. The maximum atomic E-state index is 10.9. The zero-order valence-corrected chi connectivity index (χ0v) is 7.95. The maximum absolute atomic E-state index is 10.9. The minimum Gasteiger partial charge on any atom is -0.343 e. The molecule has 13 heavy (non-hydrogen) atoms. The van der Waals surface area contributed by atoms with Gasteiger partial charge >= 0.3 is 0 Å². The number of Topliss-reactive ketones (excluding diaryl/α,β-unsaturated/α-hetero) is 1. The van der Waals surface area contributed by atoms with Crippen LogP contribution in [0, 0.1) is 0 Å². The van der Waals surface area contributed by atoms with Crippen LogP contribution < -0.4 is 5.32 Å². The Hall–Kier alpha value is -0.900. The number of rotatable bonds is 4. The van der Waals surface area contributed by atoms with Crippen LogP contribution in [0.1, 0.15) is 26.2 Å². The molecule has 0 aliphatic carbocycles. The van der Waals surface area contributed by atoms with Gasteiger partial charge in [-0.05, 0) is 26.2 Å². The van der Waals surface area contributed by atoms with Gasteiger partial charge in [-0.1, -0.05) is 0 Å². The molecular weight excluding hydrogens is 168 g/mol. The third-order valence-electron chi connectivity index (χ3n) is 2.30. The molecule has 1 fully saturated rings. The van der Waals surface area contributed by atoms with Gasteiger partial charge < -0.3 is 5.32 Å². The molecule has 0 aromatic carbocycles. The summed E-state index contributed by atoms with van der Waals surface area (Å²) in [6.45, 7) is 2.93. The van der Waals surface area contributed by atoms with Crippen LogP contribution in [0.5, 0.6) is 0 Å². The number of hydrogen-bond donors (Lipinski definition) is 1. The zero-order chi connectivity index (χ0) is 9.68. The third-order valence-corrected chi connectivity index (χ3v) is 2.30. The molecule has 74 valence electrons. The summed E-state index contributed by atoms with van der Waals surface area (Å²) in [7, 11) is 0. The Kier molecular flexibility index (Phi) is 3.89. The normalized spacial score (nSPS) is 23.9. The molecule has 1 rings (SSSR count). The van der Waals surface area contributed by atoms with E-state index in [0.717, 1.165) is 25.8 Å². The Morgan fingerprint density at radius 3 is 3.00 bits per heavy atom. The van der Waals surface area contributed by atoms with E-state index in [0.29, 0.717) is 13.0 Å². The topological polar surface area (TPSA) is 49.4 Å². The first-order valence-electron chi connectivity index (χ1n) is 4.67. The number of nitrogens with one attached hydrogen (secondary N) is 1. The summed E-state index contributed by atoms with van der Waals surface area (Å²) >= 11 is 0. The molecule has 0 radical (unpaired) electrons. The quantitative estimate of drug-likeness (QED) is 0.632. The number of piperidine rings is 1. The van der Waals surface area contributed by atoms with Crippen molar-refractivity contribution in [2.24, 2.45) is 0 Å². The minimum absolute atomic E-state index is 0.0650. The average Bonchev–Trinajstić information content (AvgIpc) is 2.08. The fourth-order valence-electron chi connectivity index (χ4n) is 1.73. The Morgan fingerprint density at radius 2 is 2.38 bits per heavy atom. The van der Waals surface area contributed by atoms with Gasteiger partial charge in [0.1, 0.15) is 5.78 Å². The van der Waals surface area contributed by atoms with Crippen molar-refractivity contribution in [1.82, 2.24) is 10.2 Å². The van der Waals surface area contributed by atoms with E-state index in [-0.39, 0.29) is 11.9 Å². The molecule has 1 atom stereocenters. The molecule has 4 heteroatoms. The van der Waals surface area contributed by atoms with E-state index in [9.17, 15) is 9.59 Å². The summed E-state index contributed by atoms with van der Waals surface area (Å²) in [6, 6.07) is 0. The average molecular weight is 184 g/mol. The van der Waals surface area contributed by atoms with Crippen molar-refractivity contribution >= 4 is 12.2 Å². The Bertz CT molecular complexity index is 194. The van der Waals surface area contributed by atoms with Crippen molar-refractivity contribution in [1.29, 1.82) is 0 Å². The molecule has 1 amide bonds. The smallest absolute Gasteiger partial charge is 0.208 e. The first-order chi connectivity index (χ1) is 6.24. The number of nitrogens with zero attached hydrogens (tertiary/aromatic N) is 1. The van der Waals surface area contributed by atoms with E-state index >= 15 is 0 Å². The van der Waals surface area contributed by atoms with Crippen molar-refractivity contribution in [3.8, 4) is 0 Å². The van der Waals surface area contributed by atoms with Gasteiger partial charge in [0.2, 0.25) is 6.41 Å². The summed E-state index contributed by atoms with van der Waals surface area (Å²) in [5.41, 5.74) is 0. The van der Waals surface area contributed by atoms with Gasteiger partial charge in [-0.15, -0.1) is 0 Å². The second-order valence-corrected chi connectivity index (χ2v) is 3.47. The lowest BCUT2D eigenvalue weighted by Crippen LogP contribution is -2.49. The van der Waals surface area contributed by atoms with Crippen LogP contribution in [-0.4, -0.2) is 36.3 Å². The standard InChI is InChI=1S/C9H16N2O2/c1-8(13)6-11-5-3-2-4-9(11)10-7-12/h7,9H,2-6H2,1H3,(H,10,12)/t9-/m1/s1. The van der Waals surface area contributed by atoms with Crippen LogP contribution in [0.2, 0.25) is 0 Å². The molecule has 0 saturated carbocycles. The molecule has 1 heterocycles. The molecule has 0 spiro atoms. The van der Waals surface area contributed by atoms with Gasteiger partial charge in [0.25, 0.3) is 0 Å². The monoisotopic (exact) mass is 184 g/mol. The summed E-state index contributed by atoms with van der Waals surface area (Å²) in [4.78, 5) is 23.2. The lowest BCUT2D eigenvalue weighted by atomic mass is 10.1. The third kappa shape index (κ3) is 3.14. The second-order valence-electron chi connectivity index (χ2n) is 3.47. The van der Waals surface area contributed by atoms with Crippen molar-refractivity contribution < 1.29 is 9.59 Å². The predicted molar refractivity (Wildman–Crippen MR) is 49.1 cm³/mol. The van der Waals surface area contributed by atoms with Crippen molar-refractivity contribution in [2.75, 3.05) is 13.1 Å². The number of ketones is 1. The number of likely N-dealkylation sites (tertiary alicyclic amines) is 1. The van der Waals surface area contributed by atoms with Crippen LogP contribution in [0.25, 0.3) is 0 Å². The molecule has 0 unspecified atom stereocenters. The van der Waals surface area contributed by atoms with Crippen molar-refractivity contribution in [3.05, 3.63) is 0 Å². The Labute approximate surface area is 78.3 Å². The molecule has 0 aromatic rings. The molecule has 1 saturated heterocycles.